The lowest BCUT2D eigenvalue weighted by Crippen LogP contribution is -2.54. The summed E-state index contributed by atoms with van der Waals surface area (Å²) in [4.78, 5) is 65.9. The van der Waals surface area contributed by atoms with Crippen LogP contribution in [0.4, 0.5) is 22.2 Å². The second kappa shape index (κ2) is 14.1. The first-order valence-corrected chi connectivity index (χ1v) is 17.7. The molecule has 264 valence electrons. The van der Waals surface area contributed by atoms with Gasteiger partial charge >= 0.3 is 16.3 Å². The van der Waals surface area contributed by atoms with Gasteiger partial charge in [0.15, 0.2) is 11.9 Å². The number of ketones is 1. The average Bonchev–Trinajstić information content (AvgIpc) is 3.55. The number of Topliss-reactive ketones (excluding diaryl/α,β-unsaturated/α-hetero) is 1. The molecule has 1 atom stereocenters. The molecule has 1 saturated carbocycles. The van der Waals surface area contributed by atoms with Crippen LogP contribution in [0.2, 0.25) is 0 Å². The van der Waals surface area contributed by atoms with Crippen molar-refractivity contribution in [2.24, 2.45) is 0 Å². The third-order valence-corrected chi connectivity index (χ3v) is 10.0. The molecule has 3 N–H and O–H groups in total. The molecule has 1 aliphatic carbocycles. The number of anilines is 3. The van der Waals surface area contributed by atoms with Crippen molar-refractivity contribution in [2.75, 3.05) is 36.4 Å². The molecule has 4 heterocycles. The molecule has 0 bridgehead atoms. The van der Waals surface area contributed by atoms with Crippen LogP contribution in [0.1, 0.15) is 82.3 Å². The summed E-state index contributed by atoms with van der Waals surface area (Å²) in [6, 6.07) is 3.55. The quantitative estimate of drug-likeness (QED) is 0.277. The average molecular weight is 698 g/mol. The van der Waals surface area contributed by atoms with Crippen LogP contribution in [0.25, 0.3) is 11.0 Å². The van der Waals surface area contributed by atoms with Gasteiger partial charge in [-0.05, 0) is 72.1 Å². The number of ether oxygens (including phenoxy) is 1. The Bertz CT molecular complexity index is 1910. The van der Waals surface area contributed by atoms with Crippen LogP contribution < -0.4 is 25.8 Å². The Morgan fingerprint density at radius 3 is 2.29 bits per heavy atom. The zero-order chi connectivity index (χ0) is 35.7. The fraction of sp³-hybridized carbons (Fsp3) is 0.531. The molecule has 2 aliphatic rings. The maximum atomic E-state index is 13.5. The van der Waals surface area contributed by atoms with Gasteiger partial charge in [0.2, 0.25) is 5.95 Å². The van der Waals surface area contributed by atoms with Crippen molar-refractivity contribution in [1.29, 1.82) is 0 Å². The lowest BCUT2D eigenvalue weighted by Gasteiger charge is -2.35. The van der Waals surface area contributed by atoms with E-state index in [1.54, 1.807) is 50.7 Å². The van der Waals surface area contributed by atoms with Gasteiger partial charge in [-0.25, -0.2) is 19.5 Å². The molecule has 0 aromatic carbocycles. The van der Waals surface area contributed by atoms with E-state index in [0.717, 1.165) is 35.7 Å². The molecule has 49 heavy (non-hydrogen) atoms. The number of carbonyl (C=O) groups excluding carboxylic acids is 3. The van der Waals surface area contributed by atoms with E-state index >= 15 is 0 Å². The fourth-order valence-electron chi connectivity index (χ4n) is 6.08. The summed E-state index contributed by atoms with van der Waals surface area (Å²) in [6.07, 6.45) is 4.81. The largest absolute Gasteiger partial charge is 0.436 e. The number of nitrogens with zero attached hydrogens (tertiary/aromatic N) is 6. The number of nitrogens with one attached hydrogen (secondary N) is 3. The molecule has 2 amide bonds. The summed E-state index contributed by atoms with van der Waals surface area (Å²) in [7, 11) is -4.16. The molecule has 5 rings (SSSR count). The smallest absolute Gasteiger partial charge is 0.408 e. The summed E-state index contributed by atoms with van der Waals surface area (Å²) in [5, 5.41) is 6.30. The first-order valence-electron chi connectivity index (χ1n) is 16.3. The van der Waals surface area contributed by atoms with E-state index in [9.17, 15) is 27.6 Å². The van der Waals surface area contributed by atoms with Gasteiger partial charge in [-0.2, -0.15) is 17.7 Å². The highest BCUT2D eigenvalue weighted by atomic mass is 32.2. The number of carbonyl (C=O) groups is 3. The number of piperazine rings is 1. The number of pyridine rings is 2. The molecule has 3 aromatic heterocycles. The van der Waals surface area contributed by atoms with E-state index in [2.05, 4.69) is 20.6 Å². The Kier molecular flexibility index (Phi) is 10.2. The van der Waals surface area contributed by atoms with Crippen molar-refractivity contribution in [2.45, 2.75) is 84.9 Å². The second-order valence-corrected chi connectivity index (χ2v) is 15.1. The summed E-state index contributed by atoms with van der Waals surface area (Å²) < 4.78 is 35.6. The predicted octanol–water partition coefficient (Wildman–Crippen LogP) is 2.95. The Labute approximate surface area is 284 Å². The molecule has 16 nitrogen and oxygen atoms in total. The Balaban J connectivity index is 1.22. The van der Waals surface area contributed by atoms with E-state index in [0.29, 0.717) is 35.5 Å². The standard InChI is InChI=1S/C32H43N9O7S/c1-19-24-18-34-30(36-27(24)41(22-9-7-8-10-22)29(44)26(19)20(2)42)35-25-12-11-23(17-33-25)39-13-15-40(16-14-39)49(46,47)38-28(43)21(3)48-31(45)37-32(4,5)6/h11-12,17-18,21-22H,7-10,13-16H2,1-6H3,(H,37,45)(H,38,43)(H,33,34,35,36)/t21-/m0/s1. The van der Waals surface area contributed by atoms with Crippen LogP contribution in [-0.4, -0.2) is 87.8 Å². The summed E-state index contributed by atoms with van der Waals surface area (Å²) in [5.41, 5.74) is 1.07. The van der Waals surface area contributed by atoms with Crippen molar-refractivity contribution in [3.8, 4) is 0 Å². The Morgan fingerprint density at radius 1 is 1.02 bits per heavy atom. The minimum Gasteiger partial charge on any atom is -0.436 e. The topological polar surface area (TPSA) is 198 Å². The number of hydrogen-bond acceptors (Lipinski definition) is 12. The van der Waals surface area contributed by atoms with E-state index in [1.807, 2.05) is 15.7 Å². The van der Waals surface area contributed by atoms with Crippen molar-refractivity contribution >= 4 is 56.5 Å². The maximum Gasteiger partial charge on any atom is 0.408 e. The van der Waals surface area contributed by atoms with Crippen molar-refractivity contribution in [1.82, 2.24) is 33.9 Å². The minimum atomic E-state index is -4.16. The number of hydrogen-bond donors (Lipinski definition) is 3. The Morgan fingerprint density at radius 2 is 1.69 bits per heavy atom. The van der Waals surface area contributed by atoms with Gasteiger partial charge in [-0.3, -0.25) is 19.0 Å². The molecule has 0 spiro atoms. The molecule has 1 saturated heterocycles. The van der Waals surface area contributed by atoms with E-state index < -0.39 is 33.9 Å². The Hall–Kier alpha value is -4.64. The van der Waals surface area contributed by atoms with Gasteiger partial charge in [0, 0.05) is 49.3 Å². The van der Waals surface area contributed by atoms with Gasteiger partial charge in [0.1, 0.15) is 11.5 Å². The fourth-order valence-corrected chi connectivity index (χ4v) is 7.27. The van der Waals surface area contributed by atoms with Crippen LogP contribution in [0.15, 0.2) is 29.3 Å². The normalized spacial score (nSPS) is 16.7. The first kappa shape index (κ1) is 35.7. The van der Waals surface area contributed by atoms with Crippen LogP contribution in [0.5, 0.6) is 0 Å². The first-order chi connectivity index (χ1) is 23.0. The number of aromatic nitrogens is 4. The van der Waals surface area contributed by atoms with Gasteiger partial charge in [-0.15, -0.1) is 0 Å². The molecule has 17 heteroatoms. The molecule has 3 aromatic rings. The lowest BCUT2D eigenvalue weighted by molar-refractivity contribution is -0.127. The molecule has 0 unspecified atom stereocenters. The monoisotopic (exact) mass is 697 g/mol. The van der Waals surface area contributed by atoms with Crippen LogP contribution in [0.3, 0.4) is 0 Å². The zero-order valence-corrected chi connectivity index (χ0v) is 29.4. The highest BCUT2D eigenvalue weighted by molar-refractivity contribution is 7.87. The molecular weight excluding hydrogens is 654 g/mol. The van der Waals surface area contributed by atoms with Crippen molar-refractivity contribution < 1.29 is 27.5 Å². The SMILES string of the molecule is CC(=O)c1c(C)c2cnc(Nc3ccc(N4CCN(S(=O)(=O)NC(=O)[C@H](C)OC(=O)NC(C)(C)C)CC4)cn3)nc2n(C2CCCC2)c1=O. The van der Waals surface area contributed by atoms with E-state index in [4.69, 9.17) is 9.72 Å². The van der Waals surface area contributed by atoms with Crippen molar-refractivity contribution in [3.05, 3.63) is 46.0 Å². The van der Waals surface area contributed by atoms with Gasteiger partial charge in [0.05, 0.1) is 17.4 Å². The number of alkyl carbamates (subject to hydrolysis) is 1. The molecule has 1 aliphatic heterocycles. The second-order valence-electron chi connectivity index (χ2n) is 13.4. The molecule has 0 radical (unpaired) electrons. The number of amides is 2. The van der Waals surface area contributed by atoms with E-state index in [-0.39, 0.29) is 42.0 Å². The predicted molar refractivity (Wildman–Crippen MR) is 183 cm³/mol. The minimum absolute atomic E-state index is 0.0373. The highest BCUT2D eigenvalue weighted by Crippen LogP contribution is 2.32. The molecular formula is C32H43N9O7S. The third kappa shape index (κ3) is 8.16. The van der Waals surface area contributed by atoms with Crippen LogP contribution >= 0.6 is 0 Å². The van der Waals surface area contributed by atoms with Crippen LogP contribution in [0, 0.1) is 6.92 Å². The van der Waals surface area contributed by atoms with Gasteiger partial charge < -0.3 is 20.3 Å². The van der Waals surface area contributed by atoms with E-state index in [1.165, 1.54) is 13.8 Å². The summed E-state index contributed by atoms with van der Waals surface area (Å²) in [5.74, 6) is -0.515. The summed E-state index contributed by atoms with van der Waals surface area (Å²) >= 11 is 0. The summed E-state index contributed by atoms with van der Waals surface area (Å²) in [6.45, 7) is 10.6. The third-order valence-electron chi connectivity index (χ3n) is 8.54. The lowest BCUT2D eigenvalue weighted by atomic mass is 10.0. The number of aryl methyl sites for hydroxylation is 1. The van der Waals surface area contributed by atoms with Gasteiger partial charge in [-0.1, -0.05) is 12.8 Å². The number of fused-ring (bicyclic) bond motifs is 1. The zero-order valence-electron chi connectivity index (χ0n) is 28.6. The van der Waals surface area contributed by atoms with Crippen molar-refractivity contribution in [3.63, 3.8) is 0 Å². The molecule has 2 fully saturated rings. The van der Waals surface area contributed by atoms with Gasteiger partial charge in [0.25, 0.3) is 11.5 Å². The highest BCUT2D eigenvalue weighted by Gasteiger charge is 2.32. The maximum absolute atomic E-state index is 13.5. The number of rotatable bonds is 9. The van der Waals surface area contributed by atoms with Crippen LogP contribution in [-0.2, 0) is 19.7 Å².